The fraction of sp³-hybridized carbons (Fsp3) is 0.250. The van der Waals surface area contributed by atoms with Gasteiger partial charge in [0.25, 0.3) is 0 Å². The number of aromatic nitrogens is 2. The Morgan fingerprint density at radius 3 is 2.58 bits per heavy atom. The first-order valence-corrected chi connectivity index (χ1v) is 12.2. The molecule has 33 heavy (non-hydrogen) atoms. The molecule has 0 saturated carbocycles. The highest BCUT2D eigenvalue weighted by Gasteiger charge is 2.15. The minimum atomic E-state index is -3.40. The van der Waals surface area contributed by atoms with Gasteiger partial charge >= 0.3 is 0 Å². The van der Waals surface area contributed by atoms with E-state index in [1.807, 2.05) is 43.3 Å². The van der Waals surface area contributed by atoms with Gasteiger partial charge in [-0.15, -0.1) is 12.4 Å². The van der Waals surface area contributed by atoms with E-state index >= 15 is 0 Å². The second-order valence-electron chi connectivity index (χ2n) is 7.55. The molecule has 0 fully saturated rings. The lowest BCUT2D eigenvalue weighted by Gasteiger charge is -2.16. The third-order valence-electron chi connectivity index (χ3n) is 5.21. The average molecular weight is 487 g/mol. The molecule has 0 atom stereocenters. The topological polar surface area (TPSA) is 93.2 Å². The summed E-state index contributed by atoms with van der Waals surface area (Å²) >= 11 is 0. The molecular formula is C24H27ClN4O3S. The molecule has 0 unspecified atom stereocenters. The molecule has 0 spiro atoms. The highest BCUT2D eigenvalue weighted by atomic mass is 35.5. The van der Waals surface area contributed by atoms with Gasteiger partial charge < -0.3 is 10.1 Å². The van der Waals surface area contributed by atoms with E-state index in [9.17, 15) is 8.42 Å². The number of nitrogens with one attached hydrogen (secondary N) is 2. The van der Waals surface area contributed by atoms with Crippen molar-refractivity contribution in [2.45, 2.75) is 26.2 Å². The number of rotatable bonds is 9. The summed E-state index contributed by atoms with van der Waals surface area (Å²) in [5.41, 5.74) is 3.52. The Labute approximate surface area is 200 Å². The van der Waals surface area contributed by atoms with Crippen molar-refractivity contribution >= 4 is 61.4 Å². The summed E-state index contributed by atoms with van der Waals surface area (Å²) < 4.78 is 32.9. The standard InChI is InChI=1S/C24H26N4O3S.ClH/c1-3-4-7-15-32(29,30)28-17-12-13-21(22(16-17)31-2)26-23-18-9-5-6-11-20(18)27-24-19(23)10-8-14-25-24;/h5-6,8-14,16,28H,3-4,7,15H2,1-2H3,(H,25,26,27);1H. The highest BCUT2D eigenvalue weighted by molar-refractivity contribution is 7.92. The van der Waals surface area contributed by atoms with E-state index in [4.69, 9.17) is 4.74 Å². The Morgan fingerprint density at radius 1 is 1.00 bits per heavy atom. The first-order chi connectivity index (χ1) is 15.5. The molecule has 0 aliphatic heterocycles. The zero-order chi connectivity index (χ0) is 22.6. The molecule has 174 valence electrons. The number of ether oxygens (including phenoxy) is 1. The predicted molar refractivity (Wildman–Crippen MR) is 138 cm³/mol. The maximum Gasteiger partial charge on any atom is 0.232 e. The van der Waals surface area contributed by atoms with Gasteiger partial charge in [0, 0.05) is 23.0 Å². The minimum Gasteiger partial charge on any atom is -0.494 e. The Morgan fingerprint density at radius 2 is 1.79 bits per heavy atom. The molecule has 2 aromatic carbocycles. The fourth-order valence-corrected chi connectivity index (χ4v) is 4.80. The number of pyridine rings is 2. The van der Waals surface area contributed by atoms with Crippen molar-refractivity contribution in [2.75, 3.05) is 22.9 Å². The molecule has 0 aliphatic carbocycles. The normalized spacial score (nSPS) is 11.2. The number of para-hydroxylation sites is 1. The van der Waals surface area contributed by atoms with Gasteiger partial charge in [-0.25, -0.2) is 18.4 Å². The van der Waals surface area contributed by atoms with Crippen LogP contribution in [0.5, 0.6) is 5.75 Å². The van der Waals surface area contributed by atoms with Crippen LogP contribution in [0.2, 0.25) is 0 Å². The SMILES string of the molecule is CCCCCS(=O)(=O)Nc1ccc(Nc2c3ccccc3nc3ncccc23)c(OC)c1.Cl. The number of hydrogen-bond acceptors (Lipinski definition) is 6. The van der Waals surface area contributed by atoms with E-state index in [2.05, 4.69) is 20.0 Å². The number of hydrogen-bond donors (Lipinski definition) is 2. The minimum absolute atomic E-state index is 0. The van der Waals surface area contributed by atoms with Crippen molar-refractivity contribution in [3.05, 3.63) is 60.8 Å². The van der Waals surface area contributed by atoms with Crippen LogP contribution in [0, 0.1) is 0 Å². The van der Waals surface area contributed by atoms with Crippen LogP contribution in [0.15, 0.2) is 60.8 Å². The summed E-state index contributed by atoms with van der Waals surface area (Å²) in [6.45, 7) is 2.04. The van der Waals surface area contributed by atoms with Crippen LogP contribution in [0.25, 0.3) is 21.9 Å². The first kappa shape index (κ1) is 24.5. The number of methoxy groups -OCH3 is 1. The smallest absolute Gasteiger partial charge is 0.232 e. The zero-order valence-corrected chi connectivity index (χ0v) is 20.2. The summed E-state index contributed by atoms with van der Waals surface area (Å²) in [6.07, 6.45) is 4.21. The van der Waals surface area contributed by atoms with Gasteiger partial charge in [-0.1, -0.05) is 38.0 Å². The maximum atomic E-state index is 12.4. The molecule has 0 saturated heterocycles. The van der Waals surface area contributed by atoms with Crippen LogP contribution < -0.4 is 14.8 Å². The van der Waals surface area contributed by atoms with Crippen LogP contribution in [0.3, 0.4) is 0 Å². The fourth-order valence-electron chi connectivity index (χ4n) is 3.62. The van der Waals surface area contributed by atoms with E-state index in [-0.39, 0.29) is 18.2 Å². The van der Waals surface area contributed by atoms with Gasteiger partial charge in [-0.3, -0.25) is 4.72 Å². The number of benzene rings is 2. The number of nitrogens with zero attached hydrogens (tertiary/aromatic N) is 2. The Bertz CT molecular complexity index is 1310. The highest BCUT2D eigenvalue weighted by Crippen LogP contribution is 2.36. The third-order valence-corrected chi connectivity index (χ3v) is 6.58. The Hall–Kier alpha value is -3.10. The summed E-state index contributed by atoms with van der Waals surface area (Å²) in [7, 11) is -1.84. The quantitative estimate of drug-likeness (QED) is 0.226. The Balaban J connectivity index is 0.00000306. The van der Waals surface area contributed by atoms with Gasteiger partial charge in [0.15, 0.2) is 5.65 Å². The lowest BCUT2D eigenvalue weighted by molar-refractivity contribution is 0.417. The number of unbranched alkanes of at least 4 members (excludes halogenated alkanes) is 2. The van der Waals surface area contributed by atoms with Crippen LogP contribution in [0.4, 0.5) is 17.1 Å². The van der Waals surface area contributed by atoms with Crippen molar-refractivity contribution in [2.24, 2.45) is 0 Å². The molecule has 4 aromatic rings. The number of halogens is 1. The number of sulfonamides is 1. The molecule has 0 aliphatic rings. The molecule has 0 bridgehead atoms. The first-order valence-electron chi connectivity index (χ1n) is 10.6. The second-order valence-corrected chi connectivity index (χ2v) is 9.39. The van der Waals surface area contributed by atoms with Crippen molar-refractivity contribution in [1.82, 2.24) is 9.97 Å². The summed E-state index contributed by atoms with van der Waals surface area (Å²) in [5.74, 6) is 0.627. The molecule has 2 N–H and O–H groups in total. The van der Waals surface area contributed by atoms with Crippen molar-refractivity contribution in [3.63, 3.8) is 0 Å². The third kappa shape index (κ3) is 5.64. The van der Waals surface area contributed by atoms with Crippen molar-refractivity contribution in [3.8, 4) is 5.75 Å². The van der Waals surface area contributed by atoms with Gasteiger partial charge in [0.2, 0.25) is 10.0 Å². The maximum absolute atomic E-state index is 12.4. The molecular weight excluding hydrogens is 460 g/mol. The summed E-state index contributed by atoms with van der Waals surface area (Å²) in [6, 6.07) is 16.9. The molecule has 4 rings (SSSR count). The average Bonchev–Trinajstić information content (AvgIpc) is 2.79. The van der Waals surface area contributed by atoms with Crippen LogP contribution >= 0.6 is 12.4 Å². The molecule has 2 heterocycles. The van der Waals surface area contributed by atoms with Crippen LogP contribution in [0.1, 0.15) is 26.2 Å². The summed E-state index contributed by atoms with van der Waals surface area (Å²) in [4.78, 5) is 9.05. The zero-order valence-electron chi connectivity index (χ0n) is 18.5. The monoisotopic (exact) mass is 486 g/mol. The van der Waals surface area contributed by atoms with Crippen LogP contribution in [-0.4, -0.2) is 31.2 Å². The lowest BCUT2D eigenvalue weighted by atomic mass is 10.1. The number of anilines is 3. The van der Waals surface area contributed by atoms with E-state index in [0.29, 0.717) is 29.2 Å². The van der Waals surface area contributed by atoms with Crippen molar-refractivity contribution < 1.29 is 13.2 Å². The second kappa shape index (κ2) is 10.7. The number of fused-ring (bicyclic) bond motifs is 2. The molecule has 0 amide bonds. The summed E-state index contributed by atoms with van der Waals surface area (Å²) in [5, 5.41) is 5.30. The molecule has 9 heteroatoms. The van der Waals surface area contributed by atoms with E-state index in [1.54, 1.807) is 31.5 Å². The van der Waals surface area contributed by atoms with Gasteiger partial charge in [-0.05, 0) is 36.8 Å². The molecule has 0 radical (unpaired) electrons. The lowest BCUT2D eigenvalue weighted by Crippen LogP contribution is -2.16. The Kier molecular flexibility index (Phi) is 7.94. The van der Waals surface area contributed by atoms with Gasteiger partial charge in [-0.2, -0.15) is 0 Å². The van der Waals surface area contributed by atoms with Crippen LogP contribution in [-0.2, 0) is 10.0 Å². The largest absolute Gasteiger partial charge is 0.494 e. The van der Waals surface area contributed by atoms with E-state index in [0.717, 1.165) is 34.8 Å². The van der Waals surface area contributed by atoms with E-state index in [1.165, 1.54) is 0 Å². The predicted octanol–water partition coefficient (Wildman–Crippen LogP) is 5.89. The van der Waals surface area contributed by atoms with Gasteiger partial charge in [0.1, 0.15) is 5.75 Å². The van der Waals surface area contributed by atoms with E-state index < -0.39 is 10.0 Å². The van der Waals surface area contributed by atoms with Crippen molar-refractivity contribution in [1.29, 1.82) is 0 Å². The van der Waals surface area contributed by atoms with Gasteiger partial charge in [0.05, 0.1) is 35.4 Å². The molecule has 2 aromatic heterocycles. The molecule has 7 nitrogen and oxygen atoms in total.